The molecular weight excluding hydrogens is 328 g/mol. The number of hydrogen-bond donors (Lipinski definition) is 1. The van der Waals surface area contributed by atoms with Crippen molar-refractivity contribution in [2.75, 3.05) is 7.05 Å². The summed E-state index contributed by atoms with van der Waals surface area (Å²) >= 11 is 0. The highest BCUT2D eigenvalue weighted by atomic mass is 16.3. The molecule has 2 aromatic rings. The minimum absolute atomic E-state index is 0.0411. The zero-order valence-electron chi connectivity index (χ0n) is 15.2. The Morgan fingerprint density at radius 1 is 1.12 bits per heavy atom. The number of carbonyl (C=O) groups is 2. The molecule has 1 aliphatic rings. The van der Waals surface area contributed by atoms with Crippen molar-refractivity contribution in [3.05, 3.63) is 60.1 Å². The Morgan fingerprint density at radius 3 is 2.50 bits per heavy atom. The van der Waals surface area contributed by atoms with Crippen molar-refractivity contribution in [2.45, 2.75) is 50.6 Å². The van der Waals surface area contributed by atoms with Gasteiger partial charge < -0.3 is 14.6 Å². The SMILES string of the molecule is CN(C(=O)C(Cc1ccccc1)NC(=O)c1ccco1)C1CCCCC1. The van der Waals surface area contributed by atoms with Gasteiger partial charge in [0.2, 0.25) is 5.91 Å². The first-order valence-corrected chi connectivity index (χ1v) is 9.30. The van der Waals surface area contributed by atoms with E-state index in [1.165, 1.54) is 12.7 Å². The van der Waals surface area contributed by atoms with E-state index >= 15 is 0 Å². The fourth-order valence-corrected chi connectivity index (χ4v) is 3.58. The number of hydrogen-bond acceptors (Lipinski definition) is 3. The van der Waals surface area contributed by atoms with Crippen LogP contribution in [0.3, 0.4) is 0 Å². The van der Waals surface area contributed by atoms with Crippen molar-refractivity contribution >= 4 is 11.8 Å². The van der Waals surface area contributed by atoms with Crippen LogP contribution in [0.5, 0.6) is 0 Å². The maximum Gasteiger partial charge on any atom is 0.287 e. The van der Waals surface area contributed by atoms with E-state index in [1.807, 2.05) is 42.3 Å². The van der Waals surface area contributed by atoms with E-state index in [2.05, 4.69) is 5.32 Å². The molecule has 138 valence electrons. The molecule has 26 heavy (non-hydrogen) atoms. The van der Waals surface area contributed by atoms with Gasteiger partial charge in [-0.25, -0.2) is 0 Å². The van der Waals surface area contributed by atoms with Crippen molar-refractivity contribution in [3.8, 4) is 0 Å². The quantitative estimate of drug-likeness (QED) is 0.865. The summed E-state index contributed by atoms with van der Waals surface area (Å²) in [6.45, 7) is 0. The number of benzene rings is 1. The molecule has 1 atom stereocenters. The van der Waals surface area contributed by atoms with Crippen molar-refractivity contribution in [2.24, 2.45) is 0 Å². The molecular formula is C21H26N2O3. The number of carbonyl (C=O) groups excluding carboxylic acids is 2. The fraction of sp³-hybridized carbons (Fsp3) is 0.429. The second-order valence-corrected chi connectivity index (χ2v) is 6.93. The summed E-state index contributed by atoms with van der Waals surface area (Å²) in [7, 11) is 1.86. The van der Waals surface area contributed by atoms with E-state index in [0.29, 0.717) is 6.42 Å². The Kier molecular flexibility index (Phi) is 6.10. The molecule has 1 fully saturated rings. The van der Waals surface area contributed by atoms with E-state index in [4.69, 9.17) is 4.42 Å². The Hall–Kier alpha value is -2.56. The van der Waals surface area contributed by atoms with Crippen LogP contribution in [0.1, 0.15) is 48.2 Å². The van der Waals surface area contributed by atoms with Crippen LogP contribution in [0, 0.1) is 0 Å². The van der Waals surface area contributed by atoms with Gasteiger partial charge in [0.25, 0.3) is 5.91 Å². The lowest BCUT2D eigenvalue weighted by molar-refractivity contribution is -0.134. The number of nitrogens with zero attached hydrogens (tertiary/aromatic N) is 1. The summed E-state index contributed by atoms with van der Waals surface area (Å²) in [6, 6.07) is 12.7. The lowest BCUT2D eigenvalue weighted by atomic mass is 9.93. The molecule has 1 heterocycles. The van der Waals surface area contributed by atoms with Gasteiger partial charge in [-0.05, 0) is 30.5 Å². The van der Waals surface area contributed by atoms with Gasteiger partial charge in [0, 0.05) is 19.5 Å². The number of rotatable bonds is 6. The van der Waals surface area contributed by atoms with Crippen molar-refractivity contribution in [3.63, 3.8) is 0 Å². The van der Waals surface area contributed by atoms with Crippen LogP contribution in [-0.4, -0.2) is 35.8 Å². The summed E-state index contributed by atoms with van der Waals surface area (Å²) < 4.78 is 5.17. The molecule has 1 saturated carbocycles. The highest BCUT2D eigenvalue weighted by Gasteiger charge is 2.29. The van der Waals surface area contributed by atoms with Crippen LogP contribution >= 0.6 is 0 Å². The normalized spacial score (nSPS) is 16.0. The molecule has 1 N–H and O–H groups in total. The predicted octanol–water partition coefficient (Wildman–Crippen LogP) is 3.41. The first-order valence-electron chi connectivity index (χ1n) is 9.30. The summed E-state index contributed by atoms with van der Waals surface area (Å²) in [5.41, 5.74) is 1.02. The van der Waals surface area contributed by atoms with Crippen LogP contribution < -0.4 is 5.32 Å². The lowest BCUT2D eigenvalue weighted by Crippen LogP contribution is -2.51. The number of furan rings is 1. The van der Waals surface area contributed by atoms with Gasteiger partial charge in [-0.15, -0.1) is 0 Å². The molecule has 1 unspecified atom stereocenters. The van der Waals surface area contributed by atoms with E-state index in [1.54, 1.807) is 12.1 Å². The van der Waals surface area contributed by atoms with Crippen molar-refractivity contribution < 1.29 is 14.0 Å². The Morgan fingerprint density at radius 2 is 1.85 bits per heavy atom. The molecule has 1 aromatic heterocycles. The maximum absolute atomic E-state index is 13.1. The largest absolute Gasteiger partial charge is 0.459 e. The van der Waals surface area contributed by atoms with E-state index in [0.717, 1.165) is 31.2 Å². The van der Waals surface area contributed by atoms with Gasteiger partial charge in [-0.2, -0.15) is 0 Å². The zero-order chi connectivity index (χ0) is 18.4. The van der Waals surface area contributed by atoms with Gasteiger partial charge >= 0.3 is 0 Å². The molecule has 5 nitrogen and oxygen atoms in total. The Bertz CT molecular complexity index is 706. The monoisotopic (exact) mass is 354 g/mol. The second-order valence-electron chi connectivity index (χ2n) is 6.93. The Balaban J connectivity index is 1.74. The van der Waals surface area contributed by atoms with Gasteiger partial charge in [-0.3, -0.25) is 9.59 Å². The fourth-order valence-electron chi connectivity index (χ4n) is 3.58. The smallest absolute Gasteiger partial charge is 0.287 e. The molecule has 0 aliphatic heterocycles. The molecule has 0 bridgehead atoms. The third-order valence-electron chi connectivity index (χ3n) is 5.10. The average molecular weight is 354 g/mol. The Labute approximate surface area is 154 Å². The predicted molar refractivity (Wildman–Crippen MR) is 99.8 cm³/mol. The molecule has 1 aromatic carbocycles. The molecule has 0 spiro atoms. The minimum Gasteiger partial charge on any atom is -0.459 e. The standard InChI is InChI=1S/C21H26N2O3/c1-23(17-11-6-3-7-12-17)21(25)18(15-16-9-4-2-5-10-16)22-20(24)19-13-8-14-26-19/h2,4-5,8-10,13-14,17-18H,3,6-7,11-12,15H2,1H3,(H,22,24). The molecule has 2 amide bonds. The second kappa shape index (κ2) is 8.70. The van der Waals surface area contributed by atoms with E-state index in [-0.39, 0.29) is 23.6 Å². The van der Waals surface area contributed by atoms with E-state index < -0.39 is 6.04 Å². The number of likely N-dealkylation sites (N-methyl/N-ethyl adjacent to an activating group) is 1. The maximum atomic E-state index is 13.1. The molecule has 0 radical (unpaired) electrons. The van der Waals surface area contributed by atoms with Crippen LogP contribution in [0.2, 0.25) is 0 Å². The highest BCUT2D eigenvalue weighted by Crippen LogP contribution is 2.22. The van der Waals surface area contributed by atoms with Crippen LogP contribution in [0.25, 0.3) is 0 Å². The van der Waals surface area contributed by atoms with Crippen LogP contribution in [0.4, 0.5) is 0 Å². The summed E-state index contributed by atoms with van der Waals surface area (Å²) in [4.78, 5) is 27.4. The van der Waals surface area contributed by atoms with Crippen molar-refractivity contribution in [1.82, 2.24) is 10.2 Å². The minimum atomic E-state index is -0.609. The van der Waals surface area contributed by atoms with Gasteiger partial charge in [-0.1, -0.05) is 49.6 Å². The highest BCUT2D eigenvalue weighted by molar-refractivity contribution is 5.95. The van der Waals surface area contributed by atoms with Crippen molar-refractivity contribution in [1.29, 1.82) is 0 Å². The summed E-state index contributed by atoms with van der Waals surface area (Å²) in [6.07, 6.45) is 7.54. The van der Waals surface area contributed by atoms with Gasteiger partial charge in [0.05, 0.1) is 6.26 Å². The molecule has 3 rings (SSSR count). The molecule has 0 saturated heterocycles. The lowest BCUT2D eigenvalue weighted by Gasteiger charge is -2.34. The third kappa shape index (κ3) is 4.54. The number of nitrogens with one attached hydrogen (secondary N) is 1. The van der Waals surface area contributed by atoms with E-state index in [9.17, 15) is 9.59 Å². The average Bonchev–Trinajstić information content (AvgIpc) is 3.23. The van der Waals surface area contributed by atoms with Crippen LogP contribution in [0.15, 0.2) is 53.1 Å². The first kappa shape index (κ1) is 18.2. The third-order valence-corrected chi connectivity index (χ3v) is 5.10. The topological polar surface area (TPSA) is 62.6 Å². The summed E-state index contributed by atoms with van der Waals surface area (Å²) in [5, 5.41) is 2.86. The zero-order valence-corrected chi connectivity index (χ0v) is 15.2. The van der Waals surface area contributed by atoms with Crippen LogP contribution in [-0.2, 0) is 11.2 Å². The molecule has 5 heteroatoms. The van der Waals surface area contributed by atoms with Gasteiger partial charge in [0.15, 0.2) is 5.76 Å². The van der Waals surface area contributed by atoms with Gasteiger partial charge in [0.1, 0.15) is 6.04 Å². The summed E-state index contributed by atoms with van der Waals surface area (Å²) in [5.74, 6) is -0.182. The molecule has 1 aliphatic carbocycles. The number of amides is 2. The first-order chi connectivity index (χ1) is 12.6.